The smallest absolute Gasteiger partial charge is 0.341 e. The molecule has 1 aromatic heterocycles. The van der Waals surface area contributed by atoms with Crippen molar-refractivity contribution < 1.29 is 14.3 Å². The first-order chi connectivity index (χ1) is 10.1. The normalized spacial score (nSPS) is 18.3. The highest BCUT2D eigenvalue weighted by atomic mass is 16.5. The van der Waals surface area contributed by atoms with Crippen LogP contribution in [0.4, 0.5) is 11.5 Å². The number of carbonyl (C=O) groups excluding carboxylic acids is 1. The number of esters is 1. The molecule has 2 rings (SSSR count). The number of ether oxygens (including phenoxy) is 2. The Bertz CT molecular complexity index is 487. The van der Waals surface area contributed by atoms with E-state index in [9.17, 15) is 4.79 Å². The van der Waals surface area contributed by atoms with Gasteiger partial charge in [0.25, 0.3) is 0 Å². The van der Waals surface area contributed by atoms with E-state index in [1.165, 1.54) is 0 Å². The van der Waals surface area contributed by atoms with Gasteiger partial charge >= 0.3 is 5.97 Å². The molecule has 6 heteroatoms. The maximum Gasteiger partial charge on any atom is 0.341 e. The van der Waals surface area contributed by atoms with Gasteiger partial charge in [0.05, 0.1) is 25.1 Å². The molecule has 6 nitrogen and oxygen atoms in total. The van der Waals surface area contributed by atoms with E-state index in [0.29, 0.717) is 29.6 Å². The van der Waals surface area contributed by atoms with Crippen molar-refractivity contribution in [2.45, 2.75) is 19.8 Å². The zero-order valence-corrected chi connectivity index (χ0v) is 12.7. The van der Waals surface area contributed by atoms with Crippen molar-refractivity contribution >= 4 is 17.5 Å². The number of nitrogen functional groups attached to an aromatic ring is 1. The lowest BCUT2D eigenvalue weighted by atomic mass is 10.0. The topological polar surface area (TPSA) is 77.7 Å². The predicted molar refractivity (Wildman–Crippen MR) is 81.4 cm³/mol. The molecule has 0 bridgehead atoms. The number of rotatable bonds is 5. The summed E-state index contributed by atoms with van der Waals surface area (Å²) in [5.74, 6) is 0.672. The van der Waals surface area contributed by atoms with Crippen LogP contribution in [0.25, 0.3) is 0 Å². The lowest BCUT2D eigenvalue weighted by Crippen LogP contribution is -2.32. The highest BCUT2D eigenvalue weighted by Crippen LogP contribution is 2.23. The zero-order chi connectivity index (χ0) is 15.2. The Morgan fingerprint density at radius 3 is 3.10 bits per heavy atom. The van der Waals surface area contributed by atoms with E-state index in [4.69, 9.17) is 15.2 Å². The van der Waals surface area contributed by atoms with E-state index in [-0.39, 0.29) is 5.97 Å². The molecule has 0 amide bonds. The zero-order valence-electron chi connectivity index (χ0n) is 12.7. The average molecular weight is 293 g/mol. The minimum atomic E-state index is -0.390. The fourth-order valence-electron chi connectivity index (χ4n) is 2.56. The van der Waals surface area contributed by atoms with Crippen molar-refractivity contribution in [3.05, 3.63) is 17.8 Å². The van der Waals surface area contributed by atoms with Crippen LogP contribution in [0.15, 0.2) is 12.3 Å². The number of nitrogens with two attached hydrogens (primary N) is 1. The summed E-state index contributed by atoms with van der Waals surface area (Å²) in [6.07, 6.45) is 3.78. The Labute approximate surface area is 125 Å². The maximum absolute atomic E-state index is 12.0. The third kappa shape index (κ3) is 4.07. The molecule has 1 fully saturated rings. The molecule has 0 saturated carbocycles. The molecular formula is C15H23N3O3. The third-order valence-corrected chi connectivity index (χ3v) is 3.53. The van der Waals surface area contributed by atoms with Crippen LogP contribution in [-0.4, -0.2) is 44.4 Å². The van der Waals surface area contributed by atoms with Crippen LogP contribution in [0.5, 0.6) is 0 Å². The number of aromatic nitrogens is 1. The summed E-state index contributed by atoms with van der Waals surface area (Å²) in [4.78, 5) is 18.3. The van der Waals surface area contributed by atoms with Crippen LogP contribution in [-0.2, 0) is 9.47 Å². The van der Waals surface area contributed by atoms with Crippen LogP contribution >= 0.6 is 0 Å². The fraction of sp³-hybridized carbons (Fsp3) is 0.600. The van der Waals surface area contributed by atoms with E-state index in [0.717, 1.165) is 32.6 Å². The van der Waals surface area contributed by atoms with Crippen LogP contribution < -0.4 is 10.6 Å². The number of anilines is 2. The van der Waals surface area contributed by atoms with Gasteiger partial charge in [-0.3, -0.25) is 0 Å². The Hall–Kier alpha value is -1.82. The Kier molecular flexibility index (Phi) is 5.38. The summed E-state index contributed by atoms with van der Waals surface area (Å²) in [5.41, 5.74) is 6.60. The molecule has 1 aromatic rings. The Morgan fingerprint density at radius 2 is 2.43 bits per heavy atom. The van der Waals surface area contributed by atoms with E-state index in [1.807, 2.05) is 11.9 Å². The molecule has 21 heavy (non-hydrogen) atoms. The van der Waals surface area contributed by atoms with Gasteiger partial charge in [-0.1, -0.05) is 0 Å². The average Bonchev–Trinajstić information content (AvgIpc) is 2.48. The van der Waals surface area contributed by atoms with Crippen LogP contribution in [0.1, 0.15) is 30.1 Å². The molecule has 0 spiro atoms. The monoisotopic (exact) mass is 293 g/mol. The van der Waals surface area contributed by atoms with E-state index >= 15 is 0 Å². The lowest BCUT2D eigenvalue weighted by Gasteiger charge is -2.28. The van der Waals surface area contributed by atoms with E-state index in [2.05, 4.69) is 4.98 Å². The Morgan fingerprint density at radius 1 is 1.62 bits per heavy atom. The van der Waals surface area contributed by atoms with Gasteiger partial charge in [-0.05, 0) is 31.7 Å². The van der Waals surface area contributed by atoms with Gasteiger partial charge in [0.1, 0.15) is 11.4 Å². The largest absolute Gasteiger partial charge is 0.462 e. The summed E-state index contributed by atoms with van der Waals surface area (Å²) in [6.45, 7) is 4.50. The molecule has 2 heterocycles. The second-order valence-electron chi connectivity index (χ2n) is 5.32. The molecule has 0 aromatic carbocycles. The molecule has 0 radical (unpaired) electrons. The van der Waals surface area contributed by atoms with Gasteiger partial charge in [0.15, 0.2) is 0 Å². The highest BCUT2D eigenvalue weighted by molar-refractivity contribution is 5.95. The fourth-order valence-corrected chi connectivity index (χ4v) is 2.56. The van der Waals surface area contributed by atoms with Crippen molar-refractivity contribution in [3.63, 3.8) is 0 Å². The SMILES string of the molecule is CCOC(=O)c1cc(N)cnc1N(C)CC1CCCOC1. The first-order valence-corrected chi connectivity index (χ1v) is 7.33. The molecule has 2 N–H and O–H groups in total. The molecule has 0 aliphatic carbocycles. The van der Waals surface area contributed by atoms with Crippen LogP contribution in [0.2, 0.25) is 0 Å². The van der Waals surface area contributed by atoms with Gasteiger partial charge in [-0.2, -0.15) is 0 Å². The molecule has 1 saturated heterocycles. The highest BCUT2D eigenvalue weighted by Gasteiger charge is 2.21. The number of nitrogens with zero attached hydrogens (tertiary/aromatic N) is 2. The van der Waals surface area contributed by atoms with E-state index < -0.39 is 0 Å². The van der Waals surface area contributed by atoms with Gasteiger partial charge in [0, 0.05) is 20.2 Å². The first-order valence-electron chi connectivity index (χ1n) is 7.33. The lowest BCUT2D eigenvalue weighted by molar-refractivity contribution is 0.0525. The van der Waals surface area contributed by atoms with E-state index in [1.54, 1.807) is 19.2 Å². The number of pyridine rings is 1. The van der Waals surface area contributed by atoms with Crippen molar-refractivity contribution in [1.29, 1.82) is 0 Å². The number of hydrogen-bond acceptors (Lipinski definition) is 6. The van der Waals surface area contributed by atoms with Crippen molar-refractivity contribution in [2.75, 3.05) is 44.0 Å². The number of hydrogen-bond donors (Lipinski definition) is 1. The minimum Gasteiger partial charge on any atom is -0.462 e. The maximum atomic E-state index is 12.0. The summed E-state index contributed by atoms with van der Waals surface area (Å²) >= 11 is 0. The van der Waals surface area contributed by atoms with Crippen molar-refractivity contribution in [2.24, 2.45) is 5.92 Å². The third-order valence-electron chi connectivity index (χ3n) is 3.53. The van der Waals surface area contributed by atoms with Gasteiger partial charge in [0.2, 0.25) is 0 Å². The first kappa shape index (κ1) is 15.6. The summed E-state index contributed by atoms with van der Waals surface area (Å²) in [6, 6.07) is 1.62. The van der Waals surface area contributed by atoms with Crippen molar-refractivity contribution in [3.8, 4) is 0 Å². The van der Waals surface area contributed by atoms with Crippen molar-refractivity contribution in [1.82, 2.24) is 4.98 Å². The molecule has 1 unspecified atom stereocenters. The molecular weight excluding hydrogens is 270 g/mol. The summed E-state index contributed by atoms with van der Waals surface area (Å²) in [7, 11) is 1.93. The van der Waals surface area contributed by atoms with Crippen LogP contribution in [0.3, 0.4) is 0 Å². The summed E-state index contributed by atoms with van der Waals surface area (Å²) in [5, 5.41) is 0. The molecule has 1 aliphatic rings. The Balaban J connectivity index is 2.14. The second kappa shape index (κ2) is 7.26. The van der Waals surface area contributed by atoms with Crippen LogP contribution in [0, 0.1) is 5.92 Å². The quantitative estimate of drug-likeness (QED) is 0.833. The van der Waals surface area contributed by atoms with Gasteiger partial charge < -0.3 is 20.1 Å². The standard InChI is InChI=1S/C15H23N3O3/c1-3-21-15(19)13-7-12(16)8-17-14(13)18(2)9-11-5-4-6-20-10-11/h7-8,11H,3-6,9-10,16H2,1-2H3. The summed E-state index contributed by atoms with van der Waals surface area (Å²) < 4.78 is 10.6. The molecule has 1 atom stereocenters. The predicted octanol–water partition coefficient (Wildman–Crippen LogP) is 1.70. The molecule has 1 aliphatic heterocycles. The van der Waals surface area contributed by atoms with Gasteiger partial charge in [-0.25, -0.2) is 9.78 Å². The van der Waals surface area contributed by atoms with Gasteiger partial charge in [-0.15, -0.1) is 0 Å². The number of carbonyl (C=O) groups is 1. The minimum absolute atomic E-state index is 0.327. The molecule has 116 valence electrons. The second-order valence-corrected chi connectivity index (χ2v) is 5.32.